The summed E-state index contributed by atoms with van der Waals surface area (Å²) < 4.78 is 0. The average Bonchev–Trinajstić information content (AvgIpc) is 2.65. The zero-order chi connectivity index (χ0) is 9.80. The zero-order valence-corrected chi connectivity index (χ0v) is 9.49. The van der Waals surface area contributed by atoms with Crippen LogP contribution in [-0.2, 0) is 6.42 Å². The Bertz CT molecular complexity index is 309. The first-order valence-electron chi connectivity index (χ1n) is 5.40. The number of hydrogen-bond acceptors (Lipinski definition) is 2. The Morgan fingerprint density at radius 2 is 2.36 bits per heavy atom. The SMILES string of the molecule is CCCCSc1ccc2c(c1)CCN2. The number of rotatable bonds is 4. The van der Waals surface area contributed by atoms with Crippen molar-refractivity contribution in [3.63, 3.8) is 0 Å². The molecule has 0 atom stereocenters. The van der Waals surface area contributed by atoms with Crippen molar-refractivity contribution < 1.29 is 0 Å². The highest BCUT2D eigenvalue weighted by molar-refractivity contribution is 7.99. The Balaban J connectivity index is 1.98. The first-order chi connectivity index (χ1) is 6.90. The molecule has 2 heteroatoms. The molecule has 0 fully saturated rings. The molecule has 1 aliphatic heterocycles. The van der Waals surface area contributed by atoms with Crippen LogP contribution in [0.2, 0.25) is 0 Å². The highest BCUT2D eigenvalue weighted by Gasteiger charge is 2.09. The number of benzene rings is 1. The van der Waals surface area contributed by atoms with Gasteiger partial charge in [0.05, 0.1) is 0 Å². The number of hydrogen-bond donors (Lipinski definition) is 1. The standard InChI is InChI=1S/C12H17NS/c1-2-3-8-14-11-4-5-12-10(9-11)6-7-13-12/h4-5,9,13H,2-3,6-8H2,1H3. The molecule has 14 heavy (non-hydrogen) atoms. The predicted molar refractivity (Wildman–Crippen MR) is 64.3 cm³/mol. The molecule has 0 saturated heterocycles. The lowest BCUT2D eigenvalue weighted by molar-refractivity contribution is 0.896. The van der Waals surface area contributed by atoms with Gasteiger partial charge in [-0.3, -0.25) is 0 Å². The summed E-state index contributed by atoms with van der Waals surface area (Å²) in [7, 11) is 0. The second-order valence-corrected chi connectivity index (χ2v) is 4.87. The third-order valence-electron chi connectivity index (χ3n) is 2.55. The molecule has 0 bridgehead atoms. The Kier molecular flexibility index (Phi) is 3.35. The molecule has 0 aliphatic carbocycles. The van der Waals surface area contributed by atoms with Crippen LogP contribution in [0, 0.1) is 0 Å². The van der Waals surface area contributed by atoms with Crippen molar-refractivity contribution in [1.29, 1.82) is 0 Å². The maximum Gasteiger partial charge on any atom is 0.0374 e. The van der Waals surface area contributed by atoms with E-state index in [0.29, 0.717) is 0 Å². The van der Waals surface area contributed by atoms with Gasteiger partial charge < -0.3 is 5.32 Å². The van der Waals surface area contributed by atoms with Crippen LogP contribution in [-0.4, -0.2) is 12.3 Å². The van der Waals surface area contributed by atoms with E-state index in [2.05, 4.69) is 30.4 Å². The molecule has 0 saturated carbocycles. The molecule has 1 nitrogen and oxygen atoms in total. The lowest BCUT2D eigenvalue weighted by Gasteiger charge is -2.03. The van der Waals surface area contributed by atoms with Gasteiger partial charge >= 0.3 is 0 Å². The van der Waals surface area contributed by atoms with E-state index in [1.165, 1.54) is 41.2 Å². The van der Waals surface area contributed by atoms with Gasteiger partial charge in [-0.1, -0.05) is 13.3 Å². The van der Waals surface area contributed by atoms with E-state index in [0.717, 1.165) is 6.54 Å². The maximum absolute atomic E-state index is 3.39. The molecule has 2 rings (SSSR count). The summed E-state index contributed by atoms with van der Waals surface area (Å²) in [5.74, 6) is 1.25. The Labute approximate surface area is 90.3 Å². The van der Waals surface area contributed by atoms with Crippen molar-refractivity contribution in [2.75, 3.05) is 17.6 Å². The molecular formula is C12H17NS. The molecule has 0 amide bonds. The normalized spacial score (nSPS) is 13.8. The van der Waals surface area contributed by atoms with Crippen LogP contribution in [0.25, 0.3) is 0 Å². The largest absolute Gasteiger partial charge is 0.384 e. The van der Waals surface area contributed by atoms with Crippen LogP contribution in [0.3, 0.4) is 0 Å². The summed E-state index contributed by atoms with van der Waals surface area (Å²) in [6, 6.07) is 6.80. The predicted octanol–water partition coefficient (Wildman–Crippen LogP) is 3.55. The molecule has 76 valence electrons. The number of thioether (sulfide) groups is 1. The Hall–Kier alpha value is -0.630. The van der Waals surface area contributed by atoms with Crippen molar-refractivity contribution in [3.8, 4) is 0 Å². The van der Waals surface area contributed by atoms with Gasteiger partial charge in [-0.2, -0.15) is 0 Å². The first kappa shape index (κ1) is 9.91. The number of unbranched alkanes of at least 4 members (excludes halogenated alkanes) is 1. The quantitative estimate of drug-likeness (QED) is 0.598. The van der Waals surface area contributed by atoms with Crippen molar-refractivity contribution in [2.24, 2.45) is 0 Å². The number of nitrogens with one attached hydrogen (secondary N) is 1. The Morgan fingerprint density at radius 3 is 3.21 bits per heavy atom. The van der Waals surface area contributed by atoms with Gasteiger partial charge in [-0.15, -0.1) is 11.8 Å². The van der Waals surface area contributed by atoms with Crippen molar-refractivity contribution in [3.05, 3.63) is 23.8 Å². The summed E-state index contributed by atoms with van der Waals surface area (Å²) in [6.45, 7) is 3.35. The van der Waals surface area contributed by atoms with Gasteiger partial charge in [0.1, 0.15) is 0 Å². The molecule has 0 radical (unpaired) electrons. The number of fused-ring (bicyclic) bond motifs is 1. The summed E-state index contributed by atoms with van der Waals surface area (Å²) in [5, 5.41) is 3.39. The van der Waals surface area contributed by atoms with E-state index < -0.39 is 0 Å². The van der Waals surface area contributed by atoms with Crippen LogP contribution in [0.15, 0.2) is 23.1 Å². The van der Waals surface area contributed by atoms with Crippen LogP contribution < -0.4 is 5.32 Å². The van der Waals surface area contributed by atoms with Gasteiger partial charge in [-0.25, -0.2) is 0 Å². The van der Waals surface area contributed by atoms with Crippen LogP contribution >= 0.6 is 11.8 Å². The van der Waals surface area contributed by atoms with Crippen molar-refractivity contribution >= 4 is 17.4 Å². The lowest BCUT2D eigenvalue weighted by atomic mass is 10.2. The third-order valence-corrected chi connectivity index (χ3v) is 3.63. The summed E-state index contributed by atoms with van der Waals surface area (Å²) in [4.78, 5) is 1.43. The van der Waals surface area contributed by atoms with E-state index in [1.54, 1.807) is 0 Å². The topological polar surface area (TPSA) is 12.0 Å². The summed E-state index contributed by atoms with van der Waals surface area (Å²) >= 11 is 1.98. The summed E-state index contributed by atoms with van der Waals surface area (Å²) in [6.07, 6.45) is 3.80. The first-order valence-corrected chi connectivity index (χ1v) is 6.38. The second kappa shape index (κ2) is 4.74. The van der Waals surface area contributed by atoms with Crippen LogP contribution in [0.4, 0.5) is 5.69 Å². The van der Waals surface area contributed by atoms with E-state index in [-0.39, 0.29) is 0 Å². The molecule has 1 aliphatic rings. The second-order valence-electron chi connectivity index (χ2n) is 3.70. The molecular weight excluding hydrogens is 190 g/mol. The van der Waals surface area contributed by atoms with E-state index in [4.69, 9.17) is 0 Å². The molecule has 1 N–H and O–H groups in total. The molecule has 1 aromatic carbocycles. The van der Waals surface area contributed by atoms with Crippen molar-refractivity contribution in [1.82, 2.24) is 0 Å². The zero-order valence-electron chi connectivity index (χ0n) is 8.68. The molecule has 1 heterocycles. The minimum atomic E-state index is 1.11. The minimum absolute atomic E-state index is 1.11. The van der Waals surface area contributed by atoms with Gasteiger partial charge in [-0.05, 0) is 42.4 Å². The maximum atomic E-state index is 3.39. The van der Waals surface area contributed by atoms with Gasteiger partial charge in [0.25, 0.3) is 0 Å². The fraction of sp³-hybridized carbons (Fsp3) is 0.500. The highest BCUT2D eigenvalue weighted by atomic mass is 32.2. The van der Waals surface area contributed by atoms with E-state index >= 15 is 0 Å². The smallest absolute Gasteiger partial charge is 0.0374 e. The lowest BCUT2D eigenvalue weighted by Crippen LogP contribution is -1.90. The fourth-order valence-corrected chi connectivity index (χ4v) is 2.76. The monoisotopic (exact) mass is 207 g/mol. The molecule has 0 spiro atoms. The fourth-order valence-electron chi connectivity index (χ4n) is 1.71. The third kappa shape index (κ3) is 2.24. The average molecular weight is 207 g/mol. The van der Waals surface area contributed by atoms with E-state index in [9.17, 15) is 0 Å². The van der Waals surface area contributed by atoms with Gasteiger partial charge in [0.15, 0.2) is 0 Å². The van der Waals surface area contributed by atoms with Gasteiger partial charge in [0.2, 0.25) is 0 Å². The molecule has 0 aromatic heterocycles. The van der Waals surface area contributed by atoms with Crippen LogP contribution in [0.5, 0.6) is 0 Å². The minimum Gasteiger partial charge on any atom is -0.384 e. The van der Waals surface area contributed by atoms with E-state index in [1.807, 2.05) is 11.8 Å². The van der Waals surface area contributed by atoms with Gasteiger partial charge in [0, 0.05) is 17.1 Å². The number of anilines is 1. The highest BCUT2D eigenvalue weighted by Crippen LogP contribution is 2.28. The van der Waals surface area contributed by atoms with Crippen molar-refractivity contribution in [2.45, 2.75) is 31.1 Å². The Morgan fingerprint density at radius 1 is 1.43 bits per heavy atom. The molecule has 0 unspecified atom stereocenters. The summed E-state index contributed by atoms with van der Waals surface area (Å²) in [5.41, 5.74) is 2.83. The van der Waals surface area contributed by atoms with Crippen LogP contribution in [0.1, 0.15) is 25.3 Å². The molecule has 1 aromatic rings.